The number of fused-ring (bicyclic) bond motifs is 3. The zero-order chi connectivity index (χ0) is 13.2. The first kappa shape index (κ1) is 13.3. The van der Waals surface area contributed by atoms with E-state index in [2.05, 4.69) is 21.3 Å². The molecule has 2 atom stereocenters. The number of nitrogens with two attached hydrogens (primary N) is 1. The Balaban J connectivity index is 1.73. The summed E-state index contributed by atoms with van der Waals surface area (Å²) in [6.45, 7) is 5.82. The summed E-state index contributed by atoms with van der Waals surface area (Å²) in [7, 11) is 0. The van der Waals surface area contributed by atoms with Crippen molar-refractivity contribution < 1.29 is 0 Å². The van der Waals surface area contributed by atoms with Gasteiger partial charge in [-0.05, 0) is 18.1 Å². The molecular formula is C14H21ClN4. The van der Waals surface area contributed by atoms with Crippen LogP contribution < -0.4 is 11.3 Å². The largest absolute Gasteiger partial charge is 0.299 e. The topological polar surface area (TPSA) is 44.5 Å². The lowest BCUT2D eigenvalue weighted by Gasteiger charge is -2.50. The number of nitrogens with zero attached hydrogens (tertiary/aromatic N) is 2. The summed E-state index contributed by atoms with van der Waals surface area (Å²) < 4.78 is 0. The van der Waals surface area contributed by atoms with E-state index >= 15 is 0 Å². The summed E-state index contributed by atoms with van der Waals surface area (Å²) in [4.78, 5) is 5.09. The average Bonchev–Trinajstić information content (AvgIpc) is 2.47. The lowest BCUT2D eigenvalue weighted by atomic mass is 9.95. The van der Waals surface area contributed by atoms with Crippen molar-refractivity contribution in [2.75, 3.05) is 32.7 Å². The van der Waals surface area contributed by atoms with E-state index in [4.69, 9.17) is 17.4 Å². The van der Waals surface area contributed by atoms with Gasteiger partial charge in [-0.15, -0.1) is 0 Å². The van der Waals surface area contributed by atoms with E-state index in [1.165, 1.54) is 18.7 Å². The number of nitrogens with one attached hydrogen (secondary N) is 1. The molecule has 104 valence electrons. The molecule has 4 rings (SSSR count). The van der Waals surface area contributed by atoms with E-state index in [1.54, 1.807) is 0 Å². The monoisotopic (exact) mass is 280 g/mol. The Morgan fingerprint density at radius 2 is 2.00 bits per heavy atom. The van der Waals surface area contributed by atoms with Crippen molar-refractivity contribution in [1.82, 2.24) is 15.2 Å². The second kappa shape index (κ2) is 5.77. The third kappa shape index (κ3) is 2.78. The molecule has 0 radical (unpaired) electrons. The number of hydrogen-bond acceptors (Lipinski definition) is 4. The van der Waals surface area contributed by atoms with Gasteiger partial charge in [0.1, 0.15) is 0 Å². The van der Waals surface area contributed by atoms with Gasteiger partial charge in [0.05, 0.1) is 0 Å². The van der Waals surface area contributed by atoms with Crippen molar-refractivity contribution in [2.45, 2.75) is 18.5 Å². The van der Waals surface area contributed by atoms with Crippen LogP contribution in [0.3, 0.4) is 0 Å². The van der Waals surface area contributed by atoms with Crippen LogP contribution in [-0.4, -0.2) is 54.6 Å². The number of benzene rings is 1. The zero-order valence-corrected chi connectivity index (χ0v) is 11.8. The predicted octanol–water partition coefficient (Wildman–Crippen LogP) is 0.714. The number of hydrogen-bond donors (Lipinski definition) is 2. The van der Waals surface area contributed by atoms with Crippen LogP contribution in [0.2, 0.25) is 5.02 Å². The van der Waals surface area contributed by atoms with E-state index in [9.17, 15) is 0 Å². The molecule has 0 saturated carbocycles. The molecule has 2 unspecified atom stereocenters. The Morgan fingerprint density at radius 3 is 2.58 bits per heavy atom. The summed E-state index contributed by atoms with van der Waals surface area (Å²) in [5.41, 5.74) is 4.18. The minimum atomic E-state index is 0.253. The molecule has 3 aliphatic heterocycles. The fourth-order valence-electron chi connectivity index (χ4n) is 3.25. The van der Waals surface area contributed by atoms with Crippen molar-refractivity contribution in [3.63, 3.8) is 0 Å². The first-order valence-electron chi connectivity index (χ1n) is 6.94. The Hall–Kier alpha value is -0.650. The van der Waals surface area contributed by atoms with Crippen LogP contribution in [0, 0.1) is 0 Å². The van der Waals surface area contributed by atoms with Gasteiger partial charge in [0.25, 0.3) is 0 Å². The molecule has 1 aromatic carbocycles. The van der Waals surface area contributed by atoms with E-state index in [0.29, 0.717) is 6.04 Å². The normalized spacial score (nSPS) is 31.4. The first-order valence-corrected chi connectivity index (χ1v) is 7.31. The van der Waals surface area contributed by atoms with Gasteiger partial charge >= 0.3 is 0 Å². The van der Waals surface area contributed by atoms with Gasteiger partial charge in [-0.3, -0.25) is 21.1 Å². The average molecular weight is 281 g/mol. The highest BCUT2D eigenvalue weighted by molar-refractivity contribution is 6.31. The second-order valence-electron chi connectivity index (χ2n) is 5.47. The number of rotatable bonds is 4. The Labute approximate surface area is 119 Å². The van der Waals surface area contributed by atoms with Crippen LogP contribution in [0.4, 0.5) is 0 Å². The van der Waals surface area contributed by atoms with Gasteiger partial charge in [0.15, 0.2) is 0 Å². The molecule has 3 N–H and O–H groups in total. The van der Waals surface area contributed by atoms with Crippen molar-refractivity contribution in [1.29, 1.82) is 0 Å². The van der Waals surface area contributed by atoms with Gasteiger partial charge in [-0.2, -0.15) is 0 Å². The lowest BCUT2D eigenvalue weighted by molar-refractivity contribution is -0.00314. The van der Waals surface area contributed by atoms with Crippen LogP contribution in [0.1, 0.15) is 5.56 Å². The van der Waals surface area contributed by atoms with E-state index in [-0.39, 0.29) is 6.04 Å². The summed E-state index contributed by atoms with van der Waals surface area (Å²) in [6.07, 6.45) is 0.880. The molecule has 0 spiro atoms. The van der Waals surface area contributed by atoms with Crippen molar-refractivity contribution in [3.8, 4) is 0 Å². The highest BCUT2D eigenvalue weighted by Gasteiger charge is 2.36. The van der Waals surface area contributed by atoms with Gasteiger partial charge in [-0.1, -0.05) is 29.8 Å². The van der Waals surface area contributed by atoms with Crippen molar-refractivity contribution >= 4 is 11.6 Å². The van der Waals surface area contributed by atoms with Crippen molar-refractivity contribution in [3.05, 3.63) is 34.9 Å². The van der Waals surface area contributed by atoms with Crippen LogP contribution in [0.25, 0.3) is 0 Å². The molecule has 2 bridgehead atoms. The molecule has 3 heterocycles. The summed E-state index contributed by atoms with van der Waals surface area (Å²) in [5, 5.41) is 0.832. The third-order valence-corrected chi connectivity index (χ3v) is 4.77. The molecule has 0 aromatic heterocycles. The first-order chi connectivity index (χ1) is 9.28. The smallest absolute Gasteiger partial charge is 0.0438 e. The minimum absolute atomic E-state index is 0.253. The standard InChI is InChI=1S/C14H21ClN4/c15-12-4-2-1-3-11(12)9-13(17-16)14-10-18-5-7-19(14)8-6-18/h1-4,13-14,17H,5-10,16H2. The van der Waals surface area contributed by atoms with Gasteiger partial charge in [0.2, 0.25) is 0 Å². The Kier molecular flexibility index (Phi) is 4.05. The van der Waals surface area contributed by atoms with E-state index < -0.39 is 0 Å². The highest BCUT2D eigenvalue weighted by atomic mass is 35.5. The van der Waals surface area contributed by atoms with Crippen LogP contribution in [0.5, 0.6) is 0 Å². The fraction of sp³-hybridized carbons (Fsp3) is 0.571. The Bertz CT molecular complexity index is 431. The lowest BCUT2D eigenvalue weighted by Crippen LogP contribution is -2.67. The molecule has 0 aliphatic carbocycles. The number of halogens is 1. The van der Waals surface area contributed by atoms with Crippen LogP contribution >= 0.6 is 11.6 Å². The van der Waals surface area contributed by atoms with Crippen LogP contribution in [-0.2, 0) is 6.42 Å². The maximum absolute atomic E-state index is 6.25. The quantitative estimate of drug-likeness (QED) is 0.630. The molecular weight excluding hydrogens is 260 g/mol. The van der Waals surface area contributed by atoms with Gasteiger partial charge < -0.3 is 0 Å². The molecule has 3 fully saturated rings. The Morgan fingerprint density at radius 1 is 1.26 bits per heavy atom. The number of hydrazine groups is 1. The minimum Gasteiger partial charge on any atom is -0.299 e. The molecule has 5 heteroatoms. The predicted molar refractivity (Wildman–Crippen MR) is 78.1 cm³/mol. The molecule has 3 saturated heterocycles. The number of piperazine rings is 3. The molecule has 3 aliphatic rings. The molecule has 1 aromatic rings. The zero-order valence-electron chi connectivity index (χ0n) is 11.1. The summed E-state index contributed by atoms with van der Waals surface area (Å²) in [5.74, 6) is 5.80. The molecule has 19 heavy (non-hydrogen) atoms. The molecule has 4 nitrogen and oxygen atoms in total. The third-order valence-electron chi connectivity index (χ3n) is 4.40. The van der Waals surface area contributed by atoms with E-state index in [1.807, 2.05) is 18.2 Å². The second-order valence-corrected chi connectivity index (χ2v) is 5.88. The van der Waals surface area contributed by atoms with E-state index in [0.717, 1.165) is 31.1 Å². The SMILES string of the molecule is NNC(Cc1ccccc1Cl)C1CN2CCN1CC2. The highest BCUT2D eigenvalue weighted by Crippen LogP contribution is 2.22. The maximum atomic E-state index is 6.25. The summed E-state index contributed by atoms with van der Waals surface area (Å²) >= 11 is 6.25. The van der Waals surface area contributed by atoms with Crippen LogP contribution in [0.15, 0.2) is 24.3 Å². The van der Waals surface area contributed by atoms with Gasteiger partial charge in [0, 0.05) is 49.8 Å². The fourth-order valence-corrected chi connectivity index (χ4v) is 3.46. The molecule has 0 amide bonds. The maximum Gasteiger partial charge on any atom is 0.0438 e. The van der Waals surface area contributed by atoms with Gasteiger partial charge in [-0.25, -0.2) is 0 Å². The van der Waals surface area contributed by atoms with Crippen molar-refractivity contribution in [2.24, 2.45) is 5.84 Å². The summed E-state index contributed by atoms with van der Waals surface area (Å²) in [6, 6.07) is 8.77.